The Bertz CT molecular complexity index is 554. The van der Waals surface area contributed by atoms with Crippen LogP contribution in [-0.2, 0) is 16.4 Å². The number of hydrogen-bond acceptors (Lipinski definition) is 3. The Morgan fingerprint density at radius 3 is 2.33 bits per heavy atom. The van der Waals surface area contributed by atoms with Crippen LogP contribution in [0.5, 0.6) is 0 Å². The summed E-state index contributed by atoms with van der Waals surface area (Å²) in [5.41, 5.74) is 1.16. The van der Waals surface area contributed by atoms with E-state index in [2.05, 4.69) is 19.2 Å². The molecule has 21 heavy (non-hydrogen) atoms. The molecule has 1 N–H and O–H groups in total. The summed E-state index contributed by atoms with van der Waals surface area (Å²) in [6, 6.07) is 7.59. The van der Waals surface area contributed by atoms with Crippen LogP contribution in [0.4, 0.5) is 0 Å². The molecule has 0 bridgehead atoms. The van der Waals surface area contributed by atoms with Gasteiger partial charge in [-0.05, 0) is 37.0 Å². The largest absolute Gasteiger partial charge is 0.311 e. The molecule has 0 spiro atoms. The average molecular weight is 310 g/mol. The molecule has 1 fully saturated rings. The van der Waals surface area contributed by atoms with Gasteiger partial charge in [0, 0.05) is 25.2 Å². The molecule has 1 aromatic rings. The van der Waals surface area contributed by atoms with Gasteiger partial charge in [-0.3, -0.25) is 0 Å². The Morgan fingerprint density at radius 1 is 1.14 bits per heavy atom. The molecular weight excluding hydrogens is 284 g/mol. The predicted octanol–water partition coefficient (Wildman–Crippen LogP) is 2.40. The number of sulfonamides is 1. The van der Waals surface area contributed by atoms with Crippen molar-refractivity contribution in [1.82, 2.24) is 9.62 Å². The molecule has 0 saturated carbocycles. The van der Waals surface area contributed by atoms with Crippen LogP contribution >= 0.6 is 0 Å². The number of benzene rings is 1. The normalized spacial score (nSPS) is 24.1. The highest BCUT2D eigenvalue weighted by Crippen LogP contribution is 2.23. The molecule has 5 heteroatoms. The van der Waals surface area contributed by atoms with Gasteiger partial charge in [-0.1, -0.05) is 32.9 Å². The van der Waals surface area contributed by atoms with Gasteiger partial charge < -0.3 is 5.32 Å². The maximum Gasteiger partial charge on any atom is 0.243 e. The van der Waals surface area contributed by atoms with E-state index in [1.807, 2.05) is 19.1 Å². The van der Waals surface area contributed by atoms with Crippen molar-refractivity contribution in [2.24, 2.45) is 0 Å². The van der Waals surface area contributed by atoms with Crippen LogP contribution < -0.4 is 5.32 Å². The third-order valence-electron chi connectivity index (χ3n) is 4.35. The molecule has 2 unspecified atom stereocenters. The van der Waals surface area contributed by atoms with Crippen LogP contribution in [-0.4, -0.2) is 37.9 Å². The first-order valence-corrected chi connectivity index (χ1v) is 9.31. The van der Waals surface area contributed by atoms with E-state index in [9.17, 15) is 8.42 Å². The third-order valence-corrected chi connectivity index (χ3v) is 6.28. The molecule has 1 aliphatic heterocycles. The fourth-order valence-corrected chi connectivity index (χ4v) is 4.53. The summed E-state index contributed by atoms with van der Waals surface area (Å²) in [7, 11) is -3.40. The highest BCUT2D eigenvalue weighted by atomic mass is 32.2. The zero-order valence-electron chi connectivity index (χ0n) is 13.2. The van der Waals surface area contributed by atoms with Crippen LogP contribution in [0.1, 0.15) is 39.2 Å². The van der Waals surface area contributed by atoms with Crippen LogP contribution in [0.15, 0.2) is 29.2 Å². The summed E-state index contributed by atoms with van der Waals surface area (Å²) in [5.74, 6) is 0. The fourth-order valence-electron chi connectivity index (χ4n) is 2.78. The average Bonchev–Trinajstić information content (AvgIpc) is 2.54. The highest BCUT2D eigenvalue weighted by molar-refractivity contribution is 7.89. The minimum Gasteiger partial charge on any atom is -0.311 e. The number of aryl methyl sites for hydroxylation is 1. The Balaban J connectivity index is 2.30. The van der Waals surface area contributed by atoms with E-state index in [1.165, 1.54) is 0 Å². The molecule has 1 aliphatic rings. The Kier molecular flexibility index (Phi) is 5.41. The van der Waals surface area contributed by atoms with Gasteiger partial charge in [0.15, 0.2) is 0 Å². The maximum atomic E-state index is 12.9. The topological polar surface area (TPSA) is 49.4 Å². The molecule has 2 rings (SSSR count). The quantitative estimate of drug-likeness (QED) is 0.908. The Morgan fingerprint density at radius 2 is 1.81 bits per heavy atom. The van der Waals surface area contributed by atoms with Crippen LogP contribution in [0.3, 0.4) is 0 Å². The summed E-state index contributed by atoms with van der Waals surface area (Å²) in [5, 5.41) is 3.44. The molecule has 118 valence electrons. The minimum absolute atomic E-state index is 0.0450. The van der Waals surface area contributed by atoms with E-state index in [0.717, 1.165) is 31.4 Å². The smallest absolute Gasteiger partial charge is 0.243 e. The third kappa shape index (κ3) is 3.47. The van der Waals surface area contributed by atoms with Crippen molar-refractivity contribution in [1.29, 1.82) is 0 Å². The zero-order chi connectivity index (χ0) is 15.5. The standard InChI is InChI=1S/C16H26N2O2S/c1-4-13-7-9-16(10-8-13)21(19,20)18-12-14(5-2)17-11-15(18)6-3/h7-10,14-15,17H,4-6,11-12H2,1-3H3. The van der Waals surface area contributed by atoms with Gasteiger partial charge in [0.05, 0.1) is 4.90 Å². The number of piperazine rings is 1. The van der Waals surface area contributed by atoms with E-state index in [0.29, 0.717) is 11.4 Å². The van der Waals surface area contributed by atoms with Crippen LogP contribution in [0.25, 0.3) is 0 Å². The van der Waals surface area contributed by atoms with E-state index in [-0.39, 0.29) is 12.1 Å². The van der Waals surface area contributed by atoms with Crippen molar-refractivity contribution in [3.05, 3.63) is 29.8 Å². The second-order valence-electron chi connectivity index (χ2n) is 5.65. The first-order valence-electron chi connectivity index (χ1n) is 7.87. The lowest BCUT2D eigenvalue weighted by Crippen LogP contribution is -2.57. The second-order valence-corrected chi connectivity index (χ2v) is 7.54. The SMILES string of the molecule is CCc1ccc(S(=O)(=O)N2CC(CC)NCC2CC)cc1. The number of nitrogens with zero attached hydrogens (tertiary/aromatic N) is 1. The van der Waals surface area contributed by atoms with Gasteiger partial charge in [0.2, 0.25) is 10.0 Å². The van der Waals surface area contributed by atoms with E-state index < -0.39 is 10.0 Å². The molecule has 2 atom stereocenters. The fraction of sp³-hybridized carbons (Fsp3) is 0.625. The van der Waals surface area contributed by atoms with Gasteiger partial charge in [-0.15, -0.1) is 0 Å². The molecule has 0 radical (unpaired) electrons. The summed E-state index contributed by atoms with van der Waals surface area (Å²) in [6.45, 7) is 7.50. The highest BCUT2D eigenvalue weighted by Gasteiger charge is 2.35. The second kappa shape index (κ2) is 6.90. The molecule has 1 saturated heterocycles. The van der Waals surface area contributed by atoms with Crippen molar-refractivity contribution in [3.63, 3.8) is 0 Å². The van der Waals surface area contributed by atoms with E-state index in [1.54, 1.807) is 16.4 Å². The number of nitrogens with one attached hydrogen (secondary N) is 1. The van der Waals surface area contributed by atoms with Gasteiger partial charge >= 0.3 is 0 Å². The van der Waals surface area contributed by atoms with Crippen molar-refractivity contribution < 1.29 is 8.42 Å². The molecule has 0 aromatic heterocycles. The molecular formula is C16H26N2O2S. The van der Waals surface area contributed by atoms with E-state index >= 15 is 0 Å². The predicted molar refractivity (Wildman–Crippen MR) is 85.9 cm³/mol. The minimum atomic E-state index is -3.40. The lowest BCUT2D eigenvalue weighted by molar-refractivity contribution is 0.215. The number of hydrogen-bond donors (Lipinski definition) is 1. The molecule has 1 heterocycles. The molecule has 1 aromatic carbocycles. The van der Waals surface area contributed by atoms with Crippen LogP contribution in [0.2, 0.25) is 0 Å². The van der Waals surface area contributed by atoms with Gasteiger partial charge in [0.1, 0.15) is 0 Å². The lowest BCUT2D eigenvalue weighted by Gasteiger charge is -2.38. The zero-order valence-corrected chi connectivity index (χ0v) is 14.0. The lowest BCUT2D eigenvalue weighted by atomic mass is 10.1. The van der Waals surface area contributed by atoms with Gasteiger partial charge in [0.25, 0.3) is 0 Å². The van der Waals surface area contributed by atoms with Gasteiger partial charge in [-0.25, -0.2) is 8.42 Å². The summed E-state index contributed by atoms with van der Waals surface area (Å²) in [4.78, 5) is 0.412. The Labute approximate surface area is 128 Å². The van der Waals surface area contributed by atoms with Gasteiger partial charge in [-0.2, -0.15) is 4.31 Å². The molecule has 4 nitrogen and oxygen atoms in total. The van der Waals surface area contributed by atoms with Crippen molar-refractivity contribution in [2.45, 2.75) is 57.0 Å². The maximum absolute atomic E-state index is 12.9. The first kappa shape index (κ1) is 16.5. The summed E-state index contributed by atoms with van der Waals surface area (Å²) < 4.78 is 27.5. The summed E-state index contributed by atoms with van der Waals surface area (Å²) >= 11 is 0. The van der Waals surface area contributed by atoms with Crippen molar-refractivity contribution in [2.75, 3.05) is 13.1 Å². The first-order chi connectivity index (χ1) is 10.0. The van der Waals surface area contributed by atoms with Crippen molar-refractivity contribution in [3.8, 4) is 0 Å². The molecule has 0 amide bonds. The molecule has 0 aliphatic carbocycles. The summed E-state index contributed by atoms with van der Waals surface area (Å²) in [6.07, 6.45) is 2.69. The van der Waals surface area contributed by atoms with Crippen LogP contribution in [0, 0.1) is 0 Å². The Hall–Kier alpha value is -0.910. The van der Waals surface area contributed by atoms with E-state index in [4.69, 9.17) is 0 Å². The monoisotopic (exact) mass is 310 g/mol. The number of rotatable bonds is 5. The van der Waals surface area contributed by atoms with Crippen molar-refractivity contribution >= 4 is 10.0 Å².